The number of rotatable bonds is 6. The second-order valence-corrected chi connectivity index (χ2v) is 4.87. The van der Waals surface area contributed by atoms with Crippen molar-refractivity contribution in [2.45, 2.75) is 19.3 Å². The fourth-order valence-electron chi connectivity index (χ4n) is 1.14. The Morgan fingerprint density at radius 3 is 2.73 bits per heavy atom. The normalized spacial score (nSPS) is 10.3. The van der Waals surface area contributed by atoms with Gasteiger partial charge >= 0.3 is 0 Å². The van der Waals surface area contributed by atoms with Crippen LogP contribution < -0.4 is 4.74 Å². The molecule has 4 heteroatoms. The Hall–Kier alpha value is 0.0800. The minimum Gasteiger partial charge on any atom is -0.492 e. The molecule has 0 fully saturated rings. The highest BCUT2D eigenvalue weighted by atomic mass is 79.9. The predicted octanol–water partition coefficient (Wildman–Crippen LogP) is 4.89. The average molecular weight is 312 g/mol. The van der Waals surface area contributed by atoms with Gasteiger partial charge in [-0.05, 0) is 37.5 Å². The Kier molecular flexibility index (Phi) is 6.46. The number of benzene rings is 1. The summed E-state index contributed by atoms with van der Waals surface area (Å²) < 4.78 is 6.53. The highest BCUT2D eigenvalue weighted by Crippen LogP contribution is 2.27. The SMILES string of the molecule is ClCCCCCOc1cc(Br)ccc1Cl. The molecule has 0 amide bonds. The van der Waals surface area contributed by atoms with Crippen molar-refractivity contribution in [3.8, 4) is 5.75 Å². The van der Waals surface area contributed by atoms with E-state index < -0.39 is 0 Å². The summed E-state index contributed by atoms with van der Waals surface area (Å²) in [5.41, 5.74) is 0. The first-order chi connectivity index (χ1) is 7.24. The van der Waals surface area contributed by atoms with Gasteiger partial charge in [-0.25, -0.2) is 0 Å². The molecule has 0 atom stereocenters. The molecule has 0 spiro atoms. The summed E-state index contributed by atoms with van der Waals surface area (Å²) in [7, 11) is 0. The van der Waals surface area contributed by atoms with Crippen LogP contribution >= 0.6 is 39.1 Å². The molecular weight excluding hydrogens is 299 g/mol. The first-order valence-corrected chi connectivity index (χ1v) is 6.58. The second kappa shape index (κ2) is 7.37. The van der Waals surface area contributed by atoms with Crippen LogP contribution in [0.5, 0.6) is 5.75 Å². The van der Waals surface area contributed by atoms with Gasteiger partial charge in [-0.1, -0.05) is 27.5 Å². The number of unbranched alkanes of at least 4 members (excludes halogenated alkanes) is 2. The van der Waals surface area contributed by atoms with Crippen molar-refractivity contribution < 1.29 is 4.74 Å². The Balaban J connectivity index is 2.33. The van der Waals surface area contributed by atoms with Crippen molar-refractivity contribution in [2.24, 2.45) is 0 Å². The predicted molar refractivity (Wildman–Crippen MR) is 69.2 cm³/mol. The molecule has 0 unspecified atom stereocenters. The lowest BCUT2D eigenvalue weighted by Gasteiger charge is -2.07. The van der Waals surface area contributed by atoms with Crippen molar-refractivity contribution in [1.29, 1.82) is 0 Å². The first-order valence-electron chi connectivity index (χ1n) is 4.88. The summed E-state index contributed by atoms with van der Waals surface area (Å²) in [5.74, 6) is 1.45. The van der Waals surface area contributed by atoms with E-state index in [2.05, 4.69) is 15.9 Å². The van der Waals surface area contributed by atoms with Crippen LogP contribution in [0, 0.1) is 0 Å². The van der Waals surface area contributed by atoms with Crippen LogP contribution in [0.3, 0.4) is 0 Å². The lowest BCUT2D eigenvalue weighted by atomic mass is 10.3. The average Bonchev–Trinajstić information content (AvgIpc) is 2.23. The fourth-order valence-corrected chi connectivity index (χ4v) is 1.84. The Morgan fingerprint density at radius 1 is 1.20 bits per heavy atom. The van der Waals surface area contributed by atoms with E-state index in [4.69, 9.17) is 27.9 Å². The van der Waals surface area contributed by atoms with E-state index in [-0.39, 0.29) is 0 Å². The minimum atomic E-state index is 0.649. The van der Waals surface area contributed by atoms with Gasteiger partial charge in [-0.15, -0.1) is 11.6 Å². The zero-order chi connectivity index (χ0) is 11.1. The molecule has 15 heavy (non-hydrogen) atoms. The van der Waals surface area contributed by atoms with E-state index >= 15 is 0 Å². The largest absolute Gasteiger partial charge is 0.492 e. The molecule has 1 nitrogen and oxygen atoms in total. The van der Waals surface area contributed by atoms with Crippen molar-refractivity contribution in [3.05, 3.63) is 27.7 Å². The molecule has 0 radical (unpaired) electrons. The van der Waals surface area contributed by atoms with E-state index in [1.165, 1.54) is 0 Å². The fraction of sp³-hybridized carbons (Fsp3) is 0.455. The van der Waals surface area contributed by atoms with E-state index in [1.807, 2.05) is 18.2 Å². The molecule has 1 aromatic rings. The van der Waals surface area contributed by atoms with E-state index in [9.17, 15) is 0 Å². The maximum Gasteiger partial charge on any atom is 0.139 e. The van der Waals surface area contributed by atoms with Gasteiger partial charge in [0, 0.05) is 10.4 Å². The smallest absolute Gasteiger partial charge is 0.139 e. The van der Waals surface area contributed by atoms with Crippen LogP contribution in [0.1, 0.15) is 19.3 Å². The summed E-state index contributed by atoms with van der Waals surface area (Å²) in [6.07, 6.45) is 3.14. The monoisotopic (exact) mass is 310 g/mol. The number of ether oxygens (including phenoxy) is 1. The lowest BCUT2D eigenvalue weighted by Crippen LogP contribution is -1.98. The van der Waals surface area contributed by atoms with Crippen molar-refractivity contribution >= 4 is 39.1 Å². The number of hydrogen-bond acceptors (Lipinski definition) is 1. The Bertz CT molecular complexity index is 305. The van der Waals surface area contributed by atoms with Gasteiger partial charge in [0.05, 0.1) is 11.6 Å². The summed E-state index contributed by atoms with van der Waals surface area (Å²) in [6.45, 7) is 0.688. The molecule has 1 aromatic carbocycles. The quantitative estimate of drug-likeness (QED) is 0.537. The Morgan fingerprint density at radius 2 is 2.00 bits per heavy atom. The molecule has 0 heterocycles. The van der Waals surface area contributed by atoms with Crippen LogP contribution in [-0.2, 0) is 0 Å². The zero-order valence-electron chi connectivity index (χ0n) is 8.31. The van der Waals surface area contributed by atoms with Crippen molar-refractivity contribution in [3.63, 3.8) is 0 Å². The highest BCUT2D eigenvalue weighted by molar-refractivity contribution is 9.10. The van der Waals surface area contributed by atoms with Crippen molar-refractivity contribution in [2.75, 3.05) is 12.5 Å². The van der Waals surface area contributed by atoms with Gasteiger partial charge in [-0.3, -0.25) is 0 Å². The molecule has 0 saturated carbocycles. The third-order valence-corrected chi connectivity index (χ3v) is 3.00. The van der Waals surface area contributed by atoms with Gasteiger partial charge in [0.2, 0.25) is 0 Å². The molecule has 84 valence electrons. The lowest BCUT2D eigenvalue weighted by molar-refractivity contribution is 0.306. The summed E-state index contributed by atoms with van der Waals surface area (Å²) in [5, 5.41) is 0.649. The summed E-state index contributed by atoms with van der Waals surface area (Å²) in [6, 6.07) is 5.59. The van der Waals surface area contributed by atoms with E-state index in [0.717, 1.165) is 35.4 Å². The maximum atomic E-state index is 5.97. The summed E-state index contributed by atoms with van der Waals surface area (Å²) in [4.78, 5) is 0. The highest BCUT2D eigenvalue weighted by Gasteiger charge is 2.01. The molecule has 0 bridgehead atoms. The standard InChI is InChI=1S/C11H13BrCl2O/c12-9-4-5-10(14)11(8-9)15-7-3-1-2-6-13/h4-5,8H,1-3,6-7H2. The number of alkyl halides is 1. The Labute approximate surface area is 109 Å². The van der Waals surface area contributed by atoms with Crippen LogP contribution in [0.4, 0.5) is 0 Å². The molecule has 0 aliphatic rings. The molecule has 0 aliphatic carbocycles. The van der Waals surface area contributed by atoms with Crippen LogP contribution in [0.2, 0.25) is 5.02 Å². The number of hydrogen-bond donors (Lipinski definition) is 0. The van der Waals surface area contributed by atoms with E-state index in [1.54, 1.807) is 0 Å². The van der Waals surface area contributed by atoms with Gasteiger partial charge in [0.25, 0.3) is 0 Å². The van der Waals surface area contributed by atoms with Gasteiger partial charge in [0.15, 0.2) is 0 Å². The van der Waals surface area contributed by atoms with Crippen LogP contribution in [0.25, 0.3) is 0 Å². The number of halogens is 3. The van der Waals surface area contributed by atoms with E-state index in [0.29, 0.717) is 11.6 Å². The minimum absolute atomic E-state index is 0.649. The molecule has 0 aliphatic heterocycles. The molecule has 1 rings (SSSR count). The maximum absolute atomic E-state index is 5.97. The van der Waals surface area contributed by atoms with Gasteiger partial charge in [-0.2, -0.15) is 0 Å². The topological polar surface area (TPSA) is 9.23 Å². The first kappa shape index (κ1) is 13.1. The van der Waals surface area contributed by atoms with Crippen molar-refractivity contribution in [1.82, 2.24) is 0 Å². The summed E-state index contributed by atoms with van der Waals surface area (Å²) >= 11 is 14.9. The second-order valence-electron chi connectivity index (χ2n) is 3.17. The third kappa shape index (κ3) is 5.10. The van der Waals surface area contributed by atoms with Gasteiger partial charge in [0.1, 0.15) is 5.75 Å². The van der Waals surface area contributed by atoms with Gasteiger partial charge < -0.3 is 4.74 Å². The molecule has 0 N–H and O–H groups in total. The molecule has 0 saturated heterocycles. The molecular formula is C11H13BrCl2O. The zero-order valence-corrected chi connectivity index (χ0v) is 11.4. The third-order valence-electron chi connectivity index (χ3n) is 1.93. The van der Waals surface area contributed by atoms with Crippen LogP contribution in [-0.4, -0.2) is 12.5 Å². The van der Waals surface area contributed by atoms with Crippen LogP contribution in [0.15, 0.2) is 22.7 Å². The molecule has 0 aromatic heterocycles.